The number of fused-ring (bicyclic) bond motifs is 1. The Bertz CT molecular complexity index is 909. The van der Waals surface area contributed by atoms with Crippen molar-refractivity contribution in [1.82, 2.24) is 5.32 Å². The number of hydrogen-bond donors (Lipinski definition) is 1. The van der Waals surface area contributed by atoms with Crippen molar-refractivity contribution in [2.75, 3.05) is 18.1 Å². The summed E-state index contributed by atoms with van der Waals surface area (Å²) in [6.07, 6.45) is 2.11. The molecular weight excluding hydrogens is 396 g/mol. The minimum Gasteiger partial charge on any atom is -0.376 e. The summed E-state index contributed by atoms with van der Waals surface area (Å²) in [5.41, 5.74) is 3.18. The van der Waals surface area contributed by atoms with E-state index in [1.807, 2.05) is 36.1 Å². The monoisotopic (exact) mass is 424 g/mol. The fourth-order valence-electron chi connectivity index (χ4n) is 3.91. The van der Waals surface area contributed by atoms with Crippen LogP contribution < -0.4 is 10.2 Å². The summed E-state index contributed by atoms with van der Waals surface area (Å²) in [6.45, 7) is 5.67. The van der Waals surface area contributed by atoms with Gasteiger partial charge < -0.3 is 15.0 Å². The van der Waals surface area contributed by atoms with Gasteiger partial charge in [-0.3, -0.25) is 9.59 Å². The van der Waals surface area contributed by atoms with Gasteiger partial charge in [-0.1, -0.05) is 48.9 Å². The molecule has 2 aliphatic heterocycles. The average molecular weight is 425 g/mol. The predicted octanol–water partition coefficient (Wildman–Crippen LogP) is 3.93. The average Bonchev–Trinajstić information content (AvgIpc) is 3.28. The number of ether oxygens (including phenoxy) is 1. The number of nitrogens with zero attached hydrogens (tertiary/aromatic N) is 1. The van der Waals surface area contributed by atoms with E-state index < -0.39 is 11.2 Å². The molecule has 6 heteroatoms. The van der Waals surface area contributed by atoms with Crippen LogP contribution in [0.2, 0.25) is 0 Å². The summed E-state index contributed by atoms with van der Waals surface area (Å²) >= 11 is 1.49. The lowest BCUT2D eigenvalue weighted by Crippen LogP contribution is -2.48. The van der Waals surface area contributed by atoms with Crippen molar-refractivity contribution >= 4 is 29.3 Å². The SMILES string of the molecule is Cc1ccc(CN2C(=O)[C@H]([C@@H](C)C(=O)NC[C@@H]3CCCO3)Sc3ccccc32)cc1. The molecule has 2 aromatic carbocycles. The van der Waals surface area contributed by atoms with Gasteiger partial charge in [-0.2, -0.15) is 0 Å². The van der Waals surface area contributed by atoms with E-state index in [0.717, 1.165) is 35.6 Å². The molecule has 3 atom stereocenters. The number of nitrogens with one attached hydrogen (secondary N) is 1. The van der Waals surface area contributed by atoms with Crippen LogP contribution in [0.4, 0.5) is 5.69 Å². The molecule has 2 heterocycles. The predicted molar refractivity (Wildman–Crippen MR) is 120 cm³/mol. The first-order chi connectivity index (χ1) is 14.5. The maximum Gasteiger partial charge on any atom is 0.241 e. The molecule has 1 N–H and O–H groups in total. The maximum absolute atomic E-state index is 13.5. The molecule has 0 spiro atoms. The van der Waals surface area contributed by atoms with Crippen molar-refractivity contribution in [3.8, 4) is 0 Å². The Kier molecular flexibility index (Phi) is 6.44. The minimum atomic E-state index is -0.449. The van der Waals surface area contributed by atoms with Crippen molar-refractivity contribution in [2.45, 2.75) is 49.5 Å². The number of carbonyl (C=O) groups is 2. The minimum absolute atomic E-state index is 0.0148. The second kappa shape index (κ2) is 9.23. The van der Waals surface area contributed by atoms with Crippen molar-refractivity contribution in [3.05, 3.63) is 59.7 Å². The molecular formula is C24H28N2O3S. The zero-order valence-electron chi connectivity index (χ0n) is 17.5. The van der Waals surface area contributed by atoms with E-state index in [-0.39, 0.29) is 17.9 Å². The van der Waals surface area contributed by atoms with Crippen molar-refractivity contribution in [1.29, 1.82) is 0 Å². The van der Waals surface area contributed by atoms with Gasteiger partial charge in [-0.25, -0.2) is 0 Å². The molecule has 4 rings (SSSR count). The lowest BCUT2D eigenvalue weighted by atomic mass is 10.0. The molecule has 0 aromatic heterocycles. The first-order valence-electron chi connectivity index (χ1n) is 10.5. The zero-order valence-corrected chi connectivity index (χ0v) is 18.3. The topological polar surface area (TPSA) is 58.6 Å². The van der Waals surface area contributed by atoms with E-state index in [1.54, 1.807) is 0 Å². The number of anilines is 1. The number of rotatable bonds is 6. The first kappa shape index (κ1) is 20.9. The summed E-state index contributed by atoms with van der Waals surface area (Å²) in [5.74, 6) is -0.539. The maximum atomic E-state index is 13.5. The molecule has 0 saturated carbocycles. The standard InChI is InChI=1S/C24H28N2O3S/c1-16-9-11-18(12-10-16)15-26-20-7-3-4-8-21(20)30-22(24(26)28)17(2)23(27)25-14-19-6-5-13-29-19/h3-4,7-12,17,19,22H,5-6,13-15H2,1-2H3,(H,25,27)/t17-,19+,22+/m1/s1. The van der Waals surface area contributed by atoms with Gasteiger partial charge in [0.15, 0.2) is 0 Å². The van der Waals surface area contributed by atoms with Crippen LogP contribution in [0.25, 0.3) is 0 Å². The van der Waals surface area contributed by atoms with Crippen LogP contribution in [0.3, 0.4) is 0 Å². The number of aryl methyl sites for hydroxylation is 1. The molecule has 0 bridgehead atoms. The number of benzene rings is 2. The van der Waals surface area contributed by atoms with E-state index in [1.165, 1.54) is 17.3 Å². The highest BCUT2D eigenvalue weighted by Crippen LogP contribution is 2.42. The number of hydrogen-bond acceptors (Lipinski definition) is 4. The molecule has 1 fully saturated rings. The summed E-state index contributed by atoms with van der Waals surface area (Å²) in [5, 5.41) is 2.54. The smallest absolute Gasteiger partial charge is 0.241 e. The normalized spacial score (nSPS) is 21.9. The first-order valence-corrected chi connectivity index (χ1v) is 11.4. The molecule has 1 saturated heterocycles. The largest absolute Gasteiger partial charge is 0.376 e. The van der Waals surface area contributed by atoms with E-state index in [4.69, 9.17) is 4.74 Å². The van der Waals surface area contributed by atoms with E-state index >= 15 is 0 Å². The van der Waals surface area contributed by atoms with Gasteiger partial charge in [0.05, 0.1) is 24.3 Å². The van der Waals surface area contributed by atoms with Crippen LogP contribution in [-0.4, -0.2) is 36.3 Å². The number of amides is 2. The molecule has 5 nitrogen and oxygen atoms in total. The Morgan fingerprint density at radius 2 is 2.00 bits per heavy atom. The second-order valence-corrected chi connectivity index (χ2v) is 9.27. The second-order valence-electron chi connectivity index (χ2n) is 8.09. The third kappa shape index (κ3) is 4.55. The third-order valence-electron chi connectivity index (χ3n) is 5.78. The van der Waals surface area contributed by atoms with E-state index in [2.05, 4.69) is 36.5 Å². The lowest BCUT2D eigenvalue weighted by molar-refractivity contribution is -0.128. The lowest BCUT2D eigenvalue weighted by Gasteiger charge is -2.36. The highest BCUT2D eigenvalue weighted by molar-refractivity contribution is 8.01. The molecule has 2 aliphatic rings. The highest BCUT2D eigenvalue weighted by atomic mass is 32.2. The molecule has 2 amide bonds. The van der Waals surface area contributed by atoms with E-state index in [0.29, 0.717) is 13.1 Å². The van der Waals surface area contributed by atoms with Crippen LogP contribution >= 0.6 is 11.8 Å². The van der Waals surface area contributed by atoms with Crippen molar-refractivity contribution < 1.29 is 14.3 Å². The van der Waals surface area contributed by atoms with Gasteiger partial charge in [0.25, 0.3) is 0 Å². The molecule has 158 valence electrons. The summed E-state index contributed by atoms with van der Waals surface area (Å²) in [7, 11) is 0. The summed E-state index contributed by atoms with van der Waals surface area (Å²) in [6, 6.07) is 16.2. The fraction of sp³-hybridized carbons (Fsp3) is 0.417. The van der Waals surface area contributed by atoms with Gasteiger partial charge in [0, 0.05) is 18.0 Å². The van der Waals surface area contributed by atoms with Crippen LogP contribution in [0, 0.1) is 12.8 Å². The van der Waals surface area contributed by atoms with Gasteiger partial charge in [-0.05, 0) is 37.5 Å². The van der Waals surface area contributed by atoms with Crippen molar-refractivity contribution in [2.24, 2.45) is 5.92 Å². The Morgan fingerprint density at radius 3 is 2.73 bits per heavy atom. The van der Waals surface area contributed by atoms with Gasteiger partial charge in [-0.15, -0.1) is 11.8 Å². The fourth-order valence-corrected chi connectivity index (χ4v) is 5.20. The Morgan fingerprint density at radius 1 is 1.23 bits per heavy atom. The Labute approximate surface area is 182 Å². The van der Waals surface area contributed by atoms with E-state index in [9.17, 15) is 9.59 Å². The molecule has 0 radical (unpaired) electrons. The Hall–Kier alpha value is -2.31. The molecule has 30 heavy (non-hydrogen) atoms. The van der Waals surface area contributed by atoms with Crippen LogP contribution in [0.1, 0.15) is 30.9 Å². The summed E-state index contributed by atoms with van der Waals surface area (Å²) in [4.78, 5) is 29.1. The summed E-state index contributed by atoms with van der Waals surface area (Å²) < 4.78 is 5.59. The quantitative estimate of drug-likeness (QED) is 0.763. The van der Waals surface area contributed by atoms with Crippen LogP contribution in [0.15, 0.2) is 53.4 Å². The number of para-hydroxylation sites is 1. The number of thioether (sulfide) groups is 1. The Balaban J connectivity index is 1.51. The number of carbonyl (C=O) groups excluding carboxylic acids is 2. The van der Waals surface area contributed by atoms with Crippen LogP contribution in [0.5, 0.6) is 0 Å². The molecule has 0 aliphatic carbocycles. The third-order valence-corrected chi connectivity index (χ3v) is 7.24. The highest BCUT2D eigenvalue weighted by Gasteiger charge is 2.39. The van der Waals surface area contributed by atoms with Crippen LogP contribution in [-0.2, 0) is 20.9 Å². The van der Waals surface area contributed by atoms with Crippen molar-refractivity contribution in [3.63, 3.8) is 0 Å². The van der Waals surface area contributed by atoms with Gasteiger partial charge in [0.2, 0.25) is 11.8 Å². The molecule has 2 aromatic rings. The molecule has 0 unspecified atom stereocenters. The van der Waals surface area contributed by atoms with Gasteiger partial charge in [0.1, 0.15) is 5.25 Å². The van der Waals surface area contributed by atoms with Gasteiger partial charge >= 0.3 is 0 Å². The zero-order chi connectivity index (χ0) is 21.1.